The van der Waals surface area contributed by atoms with Gasteiger partial charge in [-0.15, -0.1) is 0 Å². The molecule has 1 fully saturated rings. The lowest BCUT2D eigenvalue weighted by atomic mass is 10.1. The van der Waals surface area contributed by atoms with Crippen LogP contribution in [0.3, 0.4) is 0 Å². The number of nitrogens with zero attached hydrogens (tertiary/aromatic N) is 1. The maximum Gasteiger partial charge on any atom is 0.344 e. The molecule has 2 aromatic carbocycles. The number of anilines is 1. The summed E-state index contributed by atoms with van der Waals surface area (Å²) in [5.41, 5.74) is 1.70. The molecule has 1 atom stereocenters. The van der Waals surface area contributed by atoms with E-state index in [1.54, 1.807) is 55.5 Å². The Balaban J connectivity index is 1.90. The molecule has 1 heterocycles. The molecule has 1 saturated heterocycles. The molecule has 9 heteroatoms. The van der Waals surface area contributed by atoms with Crippen molar-refractivity contribution in [2.24, 2.45) is 0 Å². The molecule has 33 heavy (non-hydrogen) atoms. The van der Waals surface area contributed by atoms with Gasteiger partial charge in [-0.2, -0.15) is 0 Å². The molecule has 0 spiro atoms. The number of aliphatic carboxylic acids is 1. The van der Waals surface area contributed by atoms with E-state index in [0.717, 1.165) is 11.8 Å². The molecule has 1 aliphatic heterocycles. The van der Waals surface area contributed by atoms with E-state index in [1.165, 1.54) is 11.8 Å². The second-order valence-electron chi connectivity index (χ2n) is 7.12. The minimum absolute atomic E-state index is 0.100. The number of hydrogen-bond acceptors (Lipinski definition) is 7. The number of amides is 1. The molecular formula is C24H23NO6S2. The normalized spacial score (nSPS) is 15.6. The number of thioether (sulfide) groups is 1. The van der Waals surface area contributed by atoms with Crippen LogP contribution in [0.4, 0.5) is 5.69 Å². The van der Waals surface area contributed by atoms with Gasteiger partial charge in [0, 0.05) is 5.56 Å². The van der Waals surface area contributed by atoms with Crippen LogP contribution in [0.2, 0.25) is 0 Å². The number of ketones is 1. The highest BCUT2D eigenvalue weighted by Crippen LogP contribution is 2.37. The number of carboxylic acid groups (broad SMARTS) is 1. The molecule has 2 aromatic rings. The second kappa shape index (κ2) is 10.6. The summed E-state index contributed by atoms with van der Waals surface area (Å²) in [5, 5.41) is 9.27. The van der Waals surface area contributed by atoms with Crippen LogP contribution in [-0.2, 0) is 9.59 Å². The Labute approximate surface area is 201 Å². The fraction of sp³-hybridized carbons (Fsp3) is 0.250. The first kappa shape index (κ1) is 24.5. The summed E-state index contributed by atoms with van der Waals surface area (Å²) < 4.78 is 11.6. The number of benzene rings is 2. The van der Waals surface area contributed by atoms with Crippen molar-refractivity contribution in [3.8, 4) is 11.5 Å². The smallest absolute Gasteiger partial charge is 0.344 e. The molecule has 1 amide bonds. The summed E-state index contributed by atoms with van der Waals surface area (Å²) >= 11 is 6.58. The highest BCUT2D eigenvalue weighted by Gasteiger charge is 2.33. The molecule has 3 rings (SSSR count). The van der Waals surface area contributed by atoms with Gasteiger partial charge in [0.1, 0.15) is 0 Å². The molecule has 0 radical (unpaired) electrons. The van der Waals surface area contributed by atoms with E-state index >= 15 is 0 Å². The third-order valence-electron chi connectivity index (χ3n) is 4.79. The van der Waals surface area contributed by atoms with Crippen LogP contribution in [-0.4, -0.2) is 39.8 Å². The summed E-state index contributed by atoms with van der Waals surface area (Å²) in [6, 6.07) is 11.8. The number of Topliss-reactive ketones (excluding diaryl/α,β-unsaturated/α-hetero) is 1. The van der Waals surface area contributed by atoms with Crippen LogP contribution in [0.5, 0.6) is 11.5 Å². The highest BCUT2D eigenvalue weighted by molar-refractivity contribution is 8.27. The van der Waals surface area contributed by atoms with Gasteiger partial charge in [0.05, 0.1) is 17.2 Å². The first-order chi connectivity index (χ1) is 15.7. The largest absolute Gasteiger partial charge is 0.490 e. The fourth-order valence-corrected chi connectivity index (χ4v) is 4.45. The summed E-state index contributed by atoms with van der Waals surface area (Å²) in [7, 11) is 0. The summed E-state index contributed by atoms with van der Waals surface area (Å²) in [5.74, 6) is -0.744. The van der Waals surface area contributed by atoms with Crippen molar-refractivity contribution in [1.29, 1.82) is 0 Å². The first-order valence-electron chi connectivity index (χ1n) is 10.3. The highest BCUT2D eigenvalue weighted by atomic mass is 32.2. The predicted octanol–water partition coefficient (Wildman–Crippen LogP) is 4.94. The number of ether oxygens (including phenoxy) is 2. The molecule has 7 nitrogen and oxygen atoms in total. The first-order valence-corrected chi connectivity index (χ1v) is 11.5. The Kier molecular flexibility index (Phi) is 7.88. The number of carbonyl (C=O) groups is 3. The predicted molar refractivity (Wildman–Crippen MR) is 132 cm³/mol. The van der Waals surface area contributed by atoms with Gasteiger partial charge in [-0.25, -0.2) is 4.79 Å². The molecule has 1 N–H and O–H groups in total. The Morgan fingerprint density at radius 3 is 2.58 bits per heavy atom. The van der Waals surface area contributed by atoms with Crippen molar-refractivity contribution in [1.82, 2.24) is 0 Å². The Morgan fingerprint density at radius 2 is 1.94 bits per heavy atom. The topological polar surface area (TPSA) is 93.1 Å². The third-order valence-corrected chi connectivity index (χ3v) is 6.09. The Hall–Kier alpha value is -3.17. The van der Waals surface area contributed by atoms with Crippen LogP contribution in [0.15, 0.2) is 47.4 Å². The van der Waals surface area contributed by atoms with Crippen LogP contribution < -0.4 is 14.4 Å². The van der Waals surface area contributed by atoms with E-state index in [2.05, 4.69) is 0 Å². The number of hydrogen-bond donors (Lipinski definition) is 1. The molecule has 0 aliphatic carbocycles. The molecule has 1 aliphatic rings. The van der Waals surface area contributed by atoms with E-state index in [4.69, 9.17) is 21.7 Å². The lowest BCUT2D eigenvalue weighted by molar-refractivity contribution is -0.145. The van der Waals surface area contributed by atoms with Crippen LogP contribution in [0.1, 0.15) is 43.1 Å². The van der Waals surface area contributed by atoms with Crippen molar-refractivity contribution in [3.63, 3.8) is 0 Å². The average molecular weight is 486 g/mol. The number of carbonyl (C=O) groups excluding carboxylic acids is 2. The number of thiocarbonyl (C=S) groups is 1. The number of rotatable bonds is 9. The van der Waals surface area contributed by atoms with Crippen LogP contribution in [0.25, 0.3) is 6.08 Å². The molecule has 172 valence electrons. The Morgan fingerprint density at radius 1 is 1.18 bits per heavy atom. The lowest BCUT2D eigenvalue weighted by Crippen LogP contribution is -2.27. The van der Waals surface area contributed by atoms with Gasteiger partial charge in [-0.05, 0) is 56.2 Å². The standard InChI is InChI=1S/C24H23NO6S2/c1-4-18(23(28)29)31-19-10-9-15(11-20(19)30-5-2)12-21-22(27)25(24(32)33-21)17-8-6-7-16(13-17)14(3)26/h6-13,18H,4-5H2,1-3H3,(H,28,29)/b21-12+. The van der Waals surface area contributed by atoms with E-state index in [0.29, 0.717) is 50.6 Å². The zero-order valence-electron chi connectivity index (χ0n) is 18.4. The van der Waals surface area contributed by atoms with E-state index in [1.807, 2.05) is 6.92 Å². The van der Waals surface area contributed by atoms with E-state index in [-0.39, 0.29) is 11.7 Å². The molecule has 0 saturated carbocycles. The van der Waals surface area contributed by atoms with Crippen molar-refractivity contribution in [2.75, 3.05) is 11.5 Å². The molecule has 0 bridgehead atoms. The van der Waals surface area contributed by atoms with Gasteiger partial charge in [0.25, 0.3) is 5.91 Å². The molecular weight excluding hydrogens is 462 g/mol. The zero-order valence-corrected chi connectivity index (χ0v) is 20.0. The minimum atomic E-state index is -1.05. The SMILES string of the molecule is CCOc1cc(/C=C2/SC(=S)N(c3cccc(C(C)=O)c3)C2=O)ccc1OC(CC)C(=O)O. The van der Waals surface area contributed by atoms with Gasteiger partial charge < -0.3 is 14.6 Å². The number of carboxylic acids is 1. The van der Waals surface area contributed by atoms with Crippen molar-refractivity contribution in [3.05, 3.63) is 58.5 Å². The van der Waals surface area contributed by atoms with Crippen molar-refractivity contribution in [2.45, 2.75) is 33.3 Å². The van der Waals surface area contributed by atoms with Crippen molar-refractivity contribution >= 4 is 57.7 Å². The molecule has 0 aromatic heterocycles. The van der Waals surface area contributed by atoms with Crippen molar-refractivity contribution < 1.29 is 29.0 Å². The van der Waals surface area contributed by atoms with Gasteiger partial charge in [0.2, 0.25) is 0 Å². The van der Waals surface area contributed by atoms with Gasteiger partial charge >= 0.3 is 5.97 Å². The van der Waals surface area contributed by atoms with Gasteiger partial charge in [0.15, 0.2) is 27.7 Å². The fourth-order valence-electron chi connectivity index (χ4n) is 3.15. The van der Waals surface area contributed by atoms with Crippen LogP contribution in [0, 0.1) is 0 Å². The monoisotopic (exact) mass is 485 g/mol. The summed E-state index contributed by atoms with van der Waals surface area (Å²) in [6.45, 7) is 5.36. The second-order valence-corrected chi connectivity index (χ2v) is 8.79. The quantitative estimate of drug-likeness (QED) is 0.303. The summed E-state index contributed by atoms with van der Waals surface area (Å²) in [4.78, 5) is 37.9. The summed E-state index contributed by atoms with van der Waals surface area (Å²) in [6.07, 6.45) is 1.00. The molecule has 1 unspecified atom stereocenters. The lowest BCUT2D eigenvalue weighted by Gasteiger charge is -2.17. The van der Waals surface area contributed by atoms with Crippen LogP contribution >= 0.6 is 24.0 Å². The van der Waals surface area contributed by atoms with Gasteiger partial charge in [-0.1, -0.05) is 49.1 Å². The average Bonchev–Trinajstić information content (AvgIpc) is 3.06. The maximum atomic E-state index is 13.1. The van der Waals surface area contributed by atoms with E-state index in [9.17, 15) is 19.5 Å². The minimum Gasteiger partial charge on any atom is -0.490 e. The maximum absolute atomic E-state index is 13.1. The third kappa shape index (κ3) is 5.61. The van der Waals surface area contributed by atoms with Gasteiger partial charge in [-0.3, -0.25) is 14.5 Å². The zero-order chi connectivity index (χ0) is 24.1. The van der Waals surface area contributed by atoms with E-state index < -0.39 is 12.1 Å². The Bertz CT molecular complexity index is 1140.